The Bertz CT molecular complexity index is 830. The van der Waals surface area contributed by atoms with Crippen LogP contribution in [0.4, 0.5) is 0 Å². The number of hydrogen-bond acceptors (Lipinski definition) is 4. The van der Waals surface area contributed by atoms with E-state index in [2.05, 4.69) is 39.6 Å². The number of benzene rings is 1. The molecule has 0 saturated heterocycles. The summed E-state index contributed by atoms with van der Waals surface area (Å²) in [5, 5.41) is 11.9. The van der Waals surface area contributed by atoms with Crippen LogP contribution < -0.4 is 10.1 Å². The first kappa shape index (κ1) is 16.1. The van der Waals surface area contributed by atoms with Crippen molar-refractivity contribution in [1.82, 2.24) is 20.5 Å². The van der Waals surface area contributed by atoms with E-state index in [9.17, 15) is 0 Å². The lowest BCUT2D eigenvalue weighted by molar-refractivity contribution is 0.133. The predicted molar refractivity (Wildman–Crippen MR) is 98.6 cm³/mol. The van der Waals surface area contributed by atoms with Gasteiger partial charge in [0, 0.05) is 35.9 Å². The van der Waals surface area contributed by atoms with E-state index in [0.717, 1.165) is 41.6 Å². The monoisotopic (exact) mass is 336 g/mol. The van der Waals surface area contributed by atoms with Crippen molar-refractivity contribution in [2.75, 3.05) is 0 Å². The van der Waals surface area contributed by atoms with Crippen LogP contribution in [-0.4, -0.2) is 27.3 Å². The standard InChI is InChI=1S/C20H24N4O/c1-14-18-13-23-24-19(18)7-8-20(14)25-17-6-2-5-16(10-17)22-12-15-4-3-9-21-11-15/h3-4,7-9,11,13,16-17,22H,2,5-6,10,12H2,1H3,(H,23,24)/t16-,17+/m1/s1. The van der Waals surface area contributed by atoms with Gasteiger partial charge in [0.2, 0.25) is 0 Å². The van der Waals surface area contributed by atoms with Crippen molar-refractivity contribution in [3.8, 4) is 5.75 Å². The molecule has 1 aromatic carbocycles. The zero-order chi connectivity index (χ0) is 17.1. The summed E-state index contributed by atoms with van der Waals surface area (Å²) in [5.74, 6) is 0.979. The first-order valence-electron chi connectivity index (χ1n) is 9.01. The molecular weight excluding hydrogens is 312 g/mol. The van der Waals surface area contributed by atoms with Crippen LogP contribution in [0.1, 0.15) is 36.8 Å². The minimum Gasteiger partial charge on any atom is -0.490 e. The predicted octanol–water partition coefficient (Wildman–Crippen LogP) is 3.75. The molecule has 5 nitrogen and oxygen atoms in total. The number of H-pyrrole nitrogens is 1. The van der Waals surface area contributed by atoms with Gasteiger partial charge >= 0.3 is 0 Å². The molecule has 0 unspecified atom stereocenters. The van der Waals surface area contributed by atoms with E-state index < -0.39 is 0 Å². The van der Waals surface area contributed by atoms with Crippen molar-refractivity contribution in [2.45, 2.75) is 51.3 Å². The molecule has 0 aliphatic heterocycles. The van der Waals surface area contributed by atoms with Crippen LogP contribution in [0.3, 0.4) is 0 Å². The largest absolute Gasteiger partial charge is 0.490 e. The van der Waals surface area contributed by atoms with E-state index in [1.807, 2.05) is 30.7 Å². The smallest absolute Gasteiger partial charge is 0.123 e. The van der Waals surface area contributed by atoms with Crippen molar-refractivity contribution in [3.63, 3.8) is 0 Å². The molecule has 4 rings (SSSR count). The van der Waals surface area contributed by atoms with Gasteiger partial charge in [-0.15, -0.1) is 0 Å². The third kappa shape index (κ3) is 3.66. The third-order valence-corrected chi connectivity index (χ3v) is 5.08. The van der Waals surface area contributed by atoms with Crippen LogP contribution in [0.5, 0.6) is 5.75 Å². The molecule has 2 atom stereocenters. The Labute approximate surface area is 147 Å². The van der Waals surface area contributed by atoms with Gasteiger partial charge in [-0.25, -0.2) is 0 Å². The number of nitrogens with zero attached hydrogens (tertiary/aromatic N) is 2. The van der Waals surface area contributed by atoms with E-state index in [4.69, 9.17) is 4.74 Å². The highest BCUT2D eigenvalue weighted by molar-refractivity contribution is 5.83. The van der Waals surface area contributed by atoms with E-state index >= 15 is 0 Å². The molecule has 0 radical (unpaired) electrons. The maximum absolute atomic E-state index is 6.35. The van der Waals surface area contributed by atoms with Crippen LogP contribution in [0.2, 0.25) is 0 Å². The molecule has 3 aromatic rings. The number of ether oxygens (including phenoxy) is 1. The molecule has 1 fully saturated rings. The van der Waals surface area contributed by atoms with Gasteiger partial charge in [0.15, 0.2) is 0 Å². The number of aromatic nitrogens is 3. The maximum atomic E-state index is 6.35. The second-order valence-electron chi connectivity index (χ2n) is 6.87. The molecule has 130 valence electrons. The molecule has 0 bridgehead atoms. The molecule has 0 spiro atoms. The van der Waals surface area contributed by atoms with Crippen molar-refractivity contribution >= 4 is 10.9 Å². The Hall–Kier alpha value is -2.40. The zero-order valence-electron chi connectivity index (χ0n) is 14.5. The molecule has 1 aliphatic rings. The molecule has 2 heterocycles. The summed E-state index contributed by atoms with van der Waals surface area (Å²) < 4.78 is 6.35. The van der Waals surface area contributed by atoms with Crippen LogP contribution in [0.15, 0.2) is 42.9 Å². The van der Waals surface area contributed by atoms with Gasteiger partial charge in [0.05, 0.1) is 11.7 Å². The van der Waals surface area contributed by atoms with Gasteiger partial charge in [-0.1, -0.05) is 6.07 Å². The van der Waals surface area contributed by atoms with Crippen LogP contribution in [0, 0.1) is 6.92 Å². The minimum absolute atomic E-state index is 0.267. The van der Waals surface area contributed by atoms with Gasteiger partial charge in [-0.3, -0.25) is 10.1 Å². The van der Waals surface area contributed by atoms with E-state index in [1.54, 1.807) is 0 Å². The average molecular weight is 336 g/mol. The summed E-state index contributed by atoms with van der Waals surface area (Å²) in [6, 6.07) is 8.70. The van der Waals surface area contributed by atoms with Gasteiger partial charge in [-0.2, -0.15) is 5.10 Å². The number of fused-ring (bicyclic) bond motifs is 1. The number of nitrogens with one attached hydrogen (secondary N) is 2. The Kier molecular flexibility index (Phi) is 4.65. The number of rotatable bonds is 5. The van der Waals surface area contributed by atoms with Crippen LogP contribution >= 0.6 is 0 Å². The fraction of sp³-hybridized carbons (Fsp3) is 0.400. The Balaban J connectivity index is 1.38. The van der Waals surface area contributed by atoms with Gasteiger partial charge in [0.25, 0.3) is 0 Å². The lowest BCUT2D eigenvalue weighted by Crippen LogP contribution is -2.37. The summed E-state index contributed by atoms with van der Waals surface area (Å²) in [5.41, 5.74) is 3.45. The fourth-order valence-electron chi connectivity index (χ4n) is 3.65. The summed E-state index contributed by atoms with van der Waals surface area (Å²) in [6.07, 6.45) is 10.4. The molecule has 0 amide bonds. The third-order valence-electron chi connectivity index (χ3n) is 5.08. The number of aryl methyl sites for hydroxylation is 1. The highest BCUT2D eigenvalue weighted by Gasteiger charge is 2.23. The average Bonchev–Trinajstić information content (AvgIpc) is 3.13. The molecule has 25 heavy (non-hydrogen) atoms. The van der Waals surface area contributed by atoms with Gasteiger partial charge in [0.1, 0.15) is 11.9 Å². The number of aromatic amines is 1. The summed E-state index contributed by atoms with van der Waals surface area (Å²) in [4.78, 5) is 4.18. The maximum Gasteiger partial charge on any atom is 0.123 e. The lowest BCUT2D eigenvalue weighted by atomic mass is 9.92. The van der Waals surface area contributed by atoms with Crippen molar-refractivity contribution in [1.29, 1.82) is 0 Å². The van der Waals surface area contributed by atoms with Crippen LogP contribution in [-0.2, 0) is 6.54 Å². The quantitative estimate of drug-likeness (QED) is 0.745. The lowest BCUT2D eigenvalue weighted by Gasteiger charge is -2.30. The molecule has 1 saturated carbocycles. The molecular formula is C20H24N4O. The van der Waals surface area contributed by atoms with Crippen LogP contribution in [0.25, 0.3) is 10.9 Å². The topological polar surface area (TPSA) is 62.8 Å². The van der Waals surface area contributed by atoms with Crippen molar-refractivity contribution in [3.05, 3.63) is 54.0 Å². The summed E-state index contributed by atoms with van der Waals surface area (Å²) in [6.45, 7) is 2.97. The zero-order valence-corrected chi connectivity index (χ0v) is 14.5. The van der Waals surface area contributed by atoms with E-state index in [-0.39, 0.29) is 6.10 Å². The fourth-order valence-corrected chi connectivity index (χ4v) is 3.65. The number of hydrogen-bond donors (Lipinski definition) is 2. The second-order valence-corrected chi connectivity index (χ2v) is 6.87. The first-order chi connectivity index (χ1) is 12.3. The highest BCUT2D eigenvalue weighted by Crippen LogP contribution is 2.30. The molecule has 2 aromatic heterocycles. The van der Waals surface area contributed by atoms with Gasteiger partial charge in [-0.05, 0) is 56.4 Å². The minimum atomic E-state index is 0.267. The Morgan fingerprint density at radius 3 is 3.08 bits per heavy atom. The Morgan fingerprint density at radius 2 is 2.20 bits per heavy atom. The molecule has 1 aliphatic carbocycles. The van der Waals surface area contributed by atoms with E-state index in [0.29, 0.717) is 6.04 Å². The normalized spacial score (nSPS) is 20.7. The second kappa shape index (κ2) is 7.23. The SMILES string of the molecule is Cc1c(O[C@H]2CCC[C@@H](NCc3cccnc3)C2)ccc2[nH]ncc12. The number of pyridine rings is 1. The highest BCUT2D eigenvalue weighted by atomic mass is 16.5. The summed E-state index contributed by atoms with van der Waals surface area (Å²) >= 11 is 0. The van der Waals surface area contributed by atoms with Crippen molar-refractivity contribution < 1.29 is 4.74 Å². The summed E-state index contributed by atoms with van der Waals surface area (Å²) in [7, 11) is 0. The molecule has 2 N–H and O–H groups in total. The van der Waals surface area contributed by atoms with Crippen molar-refractivity contribution in [2.24, 2.45) is 0 Å². The first-order valence-corrected chi connectivity index (χ1v) is 9.01. The van der Waals surface area contributed by atoms with E-state index in [1.165, 1.54) is 18.4 Å². The molecule has 5 heteroatoms. The van der Waals surface area contributed by atoms with Gasteiger partial charge < -0.3 is 10.1 Å². The Morgan fingerprint density at radius 1 is 1.24 bits per heavy atom.